The fourth-order valence-corrected chi connectivity index (χ4v) is 2.94. The summed E-state index contributed by atoms with van der Waals surface area (Å²) in [6.07, 6.45) is 3.15. The summed E-state index contributed by atoms with van der Waals surface area (Å²) in [4.78, 5) is 25.8. The summed E-state index contributed by atoms with van der Waals surface area (Å²) in [7, 11) is 0. The van der Waals surface area contributed by atoms with Crippen molar-refractivity contribution in [2.45, 2.75) is 52.5 Å². The molecule has 2 N–H and O–H groups in total. The first-order valence-corrected chi connectivity index (χ1v) is 8.54. The Labute approximate surface area is 138 Å². The Hall–Kier alpha value is -2.04. The molecule has 126 valence electrons. The fraction of sp³-hybridized carbons (Fsp3) is 0.556. The Kier molecular flexibility index (Phi) is 6.02. The van der Waals surface area contributed by atoms with E-state index in [1.54, 1.807) is 0 Å². The average molecular weight is 317 g/mol. The minimum atomic E-state index is -0.191. The summed E-state index contributed by atoms with van der Waals surface area (Å²) in [6, 6.07) is 6.06. The Morgan fingerprint density at radius 1 is 1.22 bits per heavy atom. The van der Waals surface area contributed by atoms with Crippen LogP contribution in [-0.4, -0.2) is 36.0 Å². The van der Waals surface area contributed by atoms with Gasteiger partial charge in [-0.2, -0.15) is 0 Å². The van der Waals surface area contributed by atoms with E-state index in [0.29, 0.717) is 13.0 Å². The predicted molar refractivity (Wildman–Crippen MR) is 92.6 cm³/mol. The van der Waals surface area contributed by atoms with Crippen LogP contribution in [0.4, 0.5) is 10.5 Å². The molecule has 0 saturated carbocycles. The molecule has 5 nitrogen and oxygen atoms in total. The highest BCUT2D eigenvalue weighted by molar-refractivity contribution is 5.90. The fourth-order valence-electron chi connectivity index (χ4n) is 2.94. The van der Waals surface area contributed by atoms with Crippen LogP contribution in [0.3, 0.4) is 0 Å². The number of amides is 3. The van der Waals surface area contributed by atoms with Gasteiger partial charge in [0, 0.05) is 31.2 Å². The van der Waals surface area contributed by atoms with Crippen LogP contribution >= 0.6 is 0 Å². The van der Waals surface area contributed by atoms with Gasteiger partial charge in [0.15, 0.2) is 0 Å². The molecule has 1 unspecified atom stereocenters. The van der Waals surface area contributed by atoms with Gasteiger partial charge >= 0.3 is 6.03 Å². The molecule has 1 aromatic carbocycles. The van der Waals surface area contributed by atoms with Crippen molar-refractivity contribution >= 4 is 17.6 Å². The normalized spacial score (nSPS) is 17.2. The van der Waals surface area contributed by atoms with Crippen molar-refractivity contribution < 1.29 is 9.59 Å². The van der Waals surface area contributed by atoms with Gasteiger partial charge in [0.2, 0.25) is 5.91 Å². The number of carbonyl (C=O) groups excluding carboxylic acids is 2. The smallest absolute Gasteiger partial charge is 0.319 e. The molecule has 1 heterocycles. The van der Waals surface area contributed by atoms with Crippen molar-refractivity contribution in [3.05, 3.63) is 29.3 Å². The Bertz CT molecular complexity index is 571. The molecule has 0 spiro atoms. The van der Waals surface area contributed by atoms with Crippen LogP contribution < -0.4 is 10.6 Å². The monoisotopic (exact) mass is 317 g/mol. The third-order valence-corrected chi connectivity index (χ3v) is 4.39. The SMILES string of the molecule is CCC(=O)N1CCC(NC(=O)Nc2cc(CC)ccc2CC)C1. The van der Waals surface area contributed by atoms with E-state index in [1.807, 2.05) is 17.9 Å². The second-order valence-corrected chi connectivity index (χ2v) is 5.98. The third-order valence-electron chi connectivity index (χ3n) is 4.39. The first kappa shape index (κ1) is 17.3. The van der Waals surface area contributed by atoms with Gasteiger partial charge in [-0.25, -0.2) is 4.79 Å². The molecule has 1 fully saturated rings. The van der Waals surface area contributed by atoms with Crippen molar-refractivity contribution in [3.8, 4) is 0 Å². The lowest BCUT2D eigenvalue weighted by Crippen LogP contribution is -2.40. The second-order valence-electron chi connectivity index (χ2n) is 5.98. The molecule has 1 saturated heterocycles. The van der Waals surface area contributed by atoms with Gasteiger partial charge in [-0.15, -0.1) is 0 Å². The number of urea groups is 1. The van der Waals surface area contributed by atoms with Crippen molar-refractivity contribution in [2.24, 2.45) is 0 Å². The minimum absolute atomic E-state index is 0.0323. The lowest BCUT2D eigenvalue weighted by molar-refractivity contribution is -0.129. The summed E-state index contributed by atoms with van der Waals surface area (Å²) in [6.45, 7) is 7.37. The number of anilines is 1. The van der Waals surface area contributed by atoms with Crippen LogP contribution in [0.15, 0.2) is 18.2 Å². The van der Waals surface area contributed by atoms with Crippen LogP contribution in [0.25, 0.3) is 0 Å². The molecule has 5 heteroatoms. The average Bonchev–Trinajstić information content (AvgIpc) is 3.02. The molecule has 0 aromatic heterocycles. The molecule has 3 amide bonds. The van der Waals surface area contributed by atoms with Crippen LogP contribution in [0.1, 0.15) is 44.7 Å². The van der Waals surface area contributed by atoms with Gasteiger partial charge in [-0.05, 0) is 36.5 Å². The zero-order valence-electron chi connectivity index (χ0n) is 14.3. The molecule has 0 bridgehead atoms. The third kappa shape index (κ3) is 4.47. The number of hydrogen-bond donors (Lipinski definition) is 2. The number of benzene rings is 1. The van der Waals surface area contributed by atoms with Gasteiger partial charge in [0.05, 0.1) is 0 Å². The van der Waals surface area contributed by atoms with Crippen LogP contribution in [0, 0.1) is 0 Å². The van der Waals surface area contributed by atoms with Crippen LogP contribution in [0.5, 0.6) is 0 Å². The van der Waals surface area contributed by atoms with Gasteiger partial charge in [-0.3, -0.25) is 4.79 Å². The molecule has 1 aliphatic rings. The lowest BCUT2D eigenvalue weighted by atomic mass is 10.1. The molecule has 0 aliphatic carbocycles. The molecule has 23 heavy (non-hydrogen) atoms. The molecular weight excluding hydrogens is 290 g/mol. The van der Waals surface area contributed by atoms with Crippen molar-refractivity contribution in [1.29, 1.82) is 0 Å². The molecular formula is C18H27N3O2. The van der Waals surface area contributed by atoms with E-state index in [4.69, 9.17) is 0 Å². The highest BCUT2D eigenvalue weighted by Gasteiger charge is 2.26. The molecule has 1 atom stereocenters. The summed E-state index contributed by atoms with van der Waals surface area (Å²) in [5.41, 5.74) is 3.22. The van der Waals surface area contributed by atoms with E-state index in [-0.39, 0.29) is 18.0 Å². The minimum Gasteiger partial charge on any atom is -0.341 e. The number of rotatable bonds is 5. The van der Waals surface area contributed by atoms with Gasteiger partial charge in [-0.1, -0.05) is 32.9 Å². The van der Waals surface area contributed by atoms with Crippen LogP contribution in [-0.2, 0) is 17.6 Å². The maximum Gasteiger partial charge on any atom is 0.319 e. The van der Waals surface area contributed by atoms with E-state index in [2.05, 4.69) is 36.6 Å². The number of nitrogens with one attached hydrogen (secondary N) is 2. The van der Waals surface area contributed by atoms with E-state index in [1.165, 1.54) is 5.56 Å². The largest absolute Gasteiger partial charge is 0.341 e. The van der Waals surface area contributed by atoms with Gasteiger partial charge in [0.25, 0.3) is 0 Å². The van der Waals surface area contributed by atoms with Crippen molar-refractivity contribution in [1.82, 2.24) is 10.2 Å². The summed E-state index contributed by atoms with van der Waals surface area (Å²) in [5, 5.41) is 5.95. The Morgan fingerprint density at radius 3 is 2.65 bits per heavy atom. The molecule has 0 radical (unpaired) electrons. The van der Waals surface area contributed by atoms with Gasteiger partial charge in [0.1, 0.15) is 0 Å². The first-order chi connectivity index (χ1) is 11.1. The summed E-state index contributed by atoms with van der Waals surface area (Å²) in [5.74, 6) is 0.152. The lowest BCUT2D eigenvalue weighted by Gasteiger charge is -2.17. The number of nitrogens with zero attached hydrogens (tertiary/aromatic N) is 1. The number of likely N-dealkylation sites (tertiary alicyclic amines) is 1. The van der Waals surface area contributed by atoms with Crippen LogP contribution in [0.2, 0.25) is 0 Å². The zero-order valence-corrected chi connectivity index (χ0v) is 14.3. The zero-order chi connectivity index (χ0) is 16.8. The Morgan fingerprint density at radius 2 is 2.00 bits per heavy atom. The van der Waals surface area contributed by atoms with E-state index in [9.17, 15) is 9.59 Å². The van der Waals surface area contributed by atoms with E-state index in [0.717, 1.165) is 37.1 Å². The number of aryl methyl sites for hydroxylation is 2. The Balaban J connectivity index is 1.94. The van der Waals surface area contributed by atoms with Crippen molar-refractivity contribution in [3.63, 3.8) is 0 Å². The quantitative estimate of drug-likeness (QED) is 0.877. The van der Waals surface area contributed by atoms with Gasteiger partial charge < -0.3 is 15.5 Å². The summed E-state index contributed by atoms with van der Waals surface area (Å²) >= 11 is 0. The predicted octanol–water partition coefficient (Wildman–Crippen LogP) is 2.94. The summed E-state index contributed by atoms with van der Waals surface area (Å²) < 4.78 is 0. The number of carbonyl (C=O) groups is 2. The number of hydrogen-bond acceptors (Lipinski definition) is 2. The topological polar surface area (TPSA) is 61.4 Å². The van der Waals surface area contributed by atoms with E-state index < -0.39 is 0 Å². The molecule has 1 aromatic rings. The first-order valence-electron chi connectivity index (χ1n) is 8.54. The highest BCUT2D eigenvalue weighted by atomic mass is 16.2. The molecule has 1 aliphatic heterocycles. The molecule has 2 rings (SSSR count). The highest BCUT2D eigenvalue weighted by Crippen LogP contribution is 2.19. The maximum atomic E-state index is 12.3. The van der Waals surface area contributed by atoms with Crippen molar-refractivity contribution in [2.75, 3.05) is 18.4 Å². The van der Waals surface area contributed by atoms with E-state index >= 15 is 0 Å². The maximum absolute atomic E-state index is 12.3. The second kappa shape index (κ2) is 7.99. The standard InChI is InChI=1S/C18H27N3O2/c1-4-13-7-8-14(5-2)16(11-13)20-18(23)19-15-9-10-21(12-15)17(22)6-3/h7-8,11,15H,4-6,9-10,12H2,1-3H3,(H2,19,20,23).